The number of non-ortho nitro benzene ring substituents is 1. The number of rotatable bonds is 6. The molecule has 0 N–H and O–H groups in total. The molecule has 2 aromatic carbocycles. The van der Waals surface area contributed by atoms with Crippen molar-refractivity contribution in [1.82, 2.24) is 9.80 Å². The van der Waals surface area contributed by atoms with Crippen LogP contribution in [0.2, 0.25) is 0 Å². The zero-order chi connectivity index (χ0) is 21.0. The van der Waals surface area contributed by atoms with Gasteiger partial charge >= 0.3 is 0 Å². The highest BCUT2D eigenvalue weighted by molar-refractivity contribution is 5.97. The van der Waals surface area contributed by atoms with E-state index >= 15 is 0 Å². The first-order valence-corrected chi connectivity index (χ1v) is 9.82. The van der Waals surface area contributed by atoms with Gasteiger partial charge in [-0.15, -0.1) is 0 Å². The number of methoxy groups -OCH3 is 1. The van der Waals surface area contributed by atoms with Crippen molar-refractivity contribution >= 4 is 11.6 Å². The molecule has 29 heavy (non-hydrogen) atoms. The molecule has 0 unspecified atom stereocenters. The highest BCUT2D eigenvalue weighted by Crippen LogP contribution is 2.26. The second-order valence-corrected chi connectivity index (χ2v) is 7.61. The van der Waals surface area contributed by atoms with E-state index in [0.717, 1.165) is 19.6 Å². The molecule has 1 heterocycles. The monoisotopic (exact) mass is 397 g/mol. The Kier molecular flexibility index (Phi) is 6.49. The summed E-state index contributed by atoms with van der Waals surface area (Å²) in [5.41, 5.74) is 2.71. The summed E-state index contributed by atoms with van der Waals surface area (Å²) in [4.78, 5) is 27.5. The summed E-state index contributed by atoms with van der Waals surface area (Å²) >= 11 is 0. The zero-order valence-electron chi connectivity index (χ0n) is 17.1. The summed E-state index contributed by atoms with van der Waals surface area (Å²) in [6, 6.07) is 12.8. The molecule has 7 nitrogen and oxygen atoms in total. The molecule has 2 aromatic rings. The number of carbonyl (C=O) groups is 1. The van der Waals surface area contributed by atoms with Crippen LogP contribution in [0.25, 0.3) is 0 Å². The third-order valence-electron chi connectivity index (χ3n) is 5.34. The third kappa shape index (κ3) is 4.92. The standard InChI is InChI=1S/C22H27N3O4/c1-16(2)18-6-4-17(5-7-18)15-23-10-12-24(13-11-23)22(26)20-14-19(25(27)28)8-9-21(20)29-3/h4-9,14,16H,10-13,15H2,1-3H3. The van der Waals surface area contributed by atoms with E-state index < -0.39 is 4.92 Å². The van der Waals surface area contributed by atoms with Gasteiger partial charge < -0.3 is 9.64 Å². The molecule has 0 radical (unpaired) electrons. The third-order valence-corrected chi connectivity index (χ3v) is 5.34. The highest BCUT2D eigenvalue weighted by atomic mass is 16.6. The fourth-order valence-corrected chi connectivity index (χ4v) is 3.52. The number of hydrogen-bond acceptors (Lipinski definition) is 5. The molecule has 1 amide bonds. The van der Waals surface area contributed by atoms with Crippen LogP contribution in [0, 0.1) is 10.1 Å². The van der Waals surface area contributed by atoms with Gasteiger partial charge in [-0.3, -0.25) is 19.8 Å². The van der Waals surface area contributed by atoms with Crippen molar-refractivity contribution in [3.05, 3.63) is 69.3 Å². The van der Waals surface area contributed by atoms with Crippen molar-refractivity contribution in [3.63, 3.8) is 0 Å². The number of nitro groups is 1. The van der Waals surface area contributed by atoms with Gasteiger partial charge in [0, 0.05) is 44.9 Å². The summed E-state index contributed by atoms with van der Waals surface area (Å²) < 4.78 is 5.24. The molecule has 0 aliphatic carbocycles. The van der Waals surface area contributed by atoms with E-state index in [1.807, 2.05) is 0 Å². The average Bonchev–Trinajstić information content (AvgIpc) is 2.73. The minimum atomic E-state index is -0.501. The van der Waals surface area contributed by atoms with E-state index in [4.69, 9.17) is 4.74 Å². The van der Waals surface area contributed by atoms with E-state index in [2.05, 4.69) is 43.0 Å². The molecule has 3 rings (SSSR count). The van der Waals surface area contributed by atoms with Gasteiger partial charge in [-0.25, -0.2) is 0 Å². The van der Waals surface area contributed by atoms with Crippen LogP contribution in [0.15, 0.2) is 42.5 Å². The number of piperazine rings is 1. The minimum absolute atomic E-state index is 0.113. The lowest BCUT2D eigenvalue weighted by atomic mass is 10.0. The van der Waals surface area contributed by atoms with E-state index in [1.165, 1.54) is 36.4 Å². The molecule has 0 bridgehead atoms. The van der Waals surface area contributed by atoms with Crippen molar-refractivity contribution in [2.75, 3.05) is 33.3 Å². The largest absolute Gasteiger partial charge is 0.496 e. The number of ether oxygens (including phenoxy) is 1. The Hall–Kier alpha value is -2.93. The fourth-order valence-electron chi connectivity index (χ4n) is 3.52. The lowest BCUT2D eigenvalue weighted by Crippen LogP contribution is -2.48. The maximum atomic E-state index is 12.9. The van der Waals surface area contributed by atoms with Gasteiger partial charge in [0.25, 0.3) is 11.6 Å². The molecule has 0 atom stereocenters. The number of carbonyl (C=O) groups excluding carboxylic acids is 1. The molecular weight excluding hydrogens is 370 g/mol. The van der Waals surface area contributed by atoms with Crippen molar-refractivity contribution < 1.29 is 14.5 Å². The maximum Gasteiger partial charge on any atom is 0.270 e. The molecule has 0 spiro atoms. The van der Waals surface area contributed by atoms with E-state index in [1.54, 1.807) is 4.90 Å². The van der Waals surface area contributed by atoms with Crippen molar-refractivity contribution in [3.8, 4) is 5.75 Å². The van der Waals surface area contributed by atoms with Crippen LogP contribution in [0.3, 0.4) is 0 Å². The van der Waals surface area contributed by atoms with Gasteiger partial charge in [-0.2, -0.15) is 0 Å². The number of amides is 1. The van der Waals surface area contributed by atoms with Gasteiger partial charge in [0.2, 0.25) is 0 Å². The van der Waals surface area contributed by atoms with Gasteiger partial charge in [-0.1, -0.05) is 38.1 Å². The summed E-state index contributed by atoms with van der Waals surface area (Å²) in [6.07, 6.45) is 0. The molecular formula is C22H27N3O4. The first-order chi connectivity index (χ1) is 13.9. The Morgan fingerprint density at radius 1 is 1.10 bits per heavy atom. The SMILES string of the molecule is COc1ccc([N+](=O)[O-])cc1C(=O)N1CCN(Cc2ccc(C(C)C)cc2)CC1. The Bertz CT molecular complexity index is 872. The number of nitrogens with zero attached hydrogens (tertiary/aromatic N) is 3. The second-order valence-electron chi connectivity index (χ2n) is 7.61. The zero-order valence-corrected chi connectivity index (χ0v) is 17.1. The molecule has 1 aliphatic heterocycles. The Morgan fingerprint density at radius 2 is 1.76 bits per heavy atom. The molecule has 0 saturated carbocycles. The van der Waals surface area contributed by atoms with Crippen molar-refractivity contribution in [2.24, 2.45) is 0 Å². The van der Waals surface area contributed by atoms with E-state index in [-0.39, 0.29) is 17.2 Å². The molecule has 1 saturated heterocycles. The number of benzene rings is 2. The quantitative estimate of drug-likeness (QED) is 0.549. The molecule has 7 heteroatoms. The van der Waals surface area contributed by atoms with Crippen LogP contribution in [0.1, 0.15) is 41.3 Å². The summed E-state index contributed by atoms with van der Waals surface area (Å²) in [6.45, 7) is 7.89. The van der Waals surface area contributed by atoms with E-state index in [0.29, 0.717) is 24.8 Å². The first-order valence-electron chi connectivity index (χ1n) is 9.82. The van der Waals surface area contributed by atoms with Crippen LogP contribution in [-0.2, 0) is 6.54 Å². The fraction of sp³-hybridized carbons (Fsp3) is 0.409. The average molecular weight is 397 g/mol. The lowest BCUT2D eigenvalue weighted by Gasteiger charge is -2.35. The van der Waals surface area contributed by atoms with Crippen LogP contribution in [0.4, 0.5) is 5.69 Å². The summed E-state index contributed by atoms with van der Waals surface area (Å²) in [5.74, 6) is 0.643. The molecule has 154 valence electrons. The minimum Gasteiger partial charge on any atom is -0.496 e. The van der Waals surface area contributed by atoms with E-state index in [9.17, 15) is 14.9 Å². The topological polar surface area (TPSA) is 75.9 Å². The Balaban J connectivity index is 1.62. The predicted molar refractivity (Wildman–Crippen MR) is 111 cm³/mol. The predicted octanol–water partition coefficient (Wildman–Crippen LogP) is 3.68. The smallest absolute Gasteiger partial charge is 0.270 e. The Labute approximate surface area is 171 Å². The number of hydrogen-bond donors (Lipinski definition) is 0. The highest BCUT2D eigenvalue weighted by Gasteiger charge is 2.26. The number of nitro benzene ring substituents is 1. The second kappa shape index (κ2) is 9.05. The van der Waals surface area contributed by atoms with Crippen LogP contribution in [0.5, 0.6) is 5.75 Å². The van der Waals surface area contributed by atoms with Crippen molar-refractivity contribution in [2.45, 2.75) is 26.3 Å². The molecule has 1 aliphatic rings. The summed E-state index contributed by atoms with van der Waals surface area (Å²) in [5, 5.41) is 11.1. The van der Waals surface area contributed by atoms with Gasteiger partial charge in [0.15, 0.2) is 0 Å². The van der Waals surface area contributed by atoms with Crippen molar-refractivity contribution in [1.29, 1.82) is 0 Å². The Morgan fingerprint density at radius 3 is 2.31 bits per heavy atom. The van der Waals surface area contributed by atoms with Gasteiger partial charge in [-0.05, 0) is 23.1 Å². The van der Waals surface area contributed by atoms with Crippen LogP contribution in [-0.4, -0.2) is 53.9 Å². The van der Waals surface area contributed by atoms with Gasteiger partial charge in [0.1, 0.15) is 5.75 Å². The normalized spacial score (nSPS) is 14.8. The molecule has 1 fully saturated rings. The van der Waals surface area contributed by atoms with Crippen LogP contribution < -0.4 is 4.74 Å². The molecule has 0 aromatic heterocycles. The van der Waals surface area contributed by atoms with Crippen LogP contribution >= 0.6 is 0 Å². The lowest BCUT2D eigenvalue weighted by molar-refractivity contribution is -0.384. The van der Waals surface area contributed by atoms with Gasteiger partial charge in [0.05, 0.1) is 17.6 Å². The summed E-state index contributed by atoms with van der Waals surface area (Å²) in [7, 11) is 1.46. The first kappa shape index (κ1) is 20.8. The maximum absolute atomic E-state index is 12.9.